The lowest BCUT2D eigenvalue weighted by Crippen LogP contribution is -2.41. The zero-order valence-corrected chi connectivity index (χ0v) is 12.3. The number of rotatable bonds is 4. The molecule has 1 aliphatic rings. The predicted molar refractivity (Wildman–Crippen MR) is 75.5 cm³/mol. The van der Waals surface area contributed by atoms with Crippen molar-refractivity contribution in [2.45, 2.75) is 46.5 Å². The molecule has 0 aromatic carbocycles. The number of aliphatic carboxylic acids is 1. The topological polar surface area (TPSA) is 88.0 Å². The van der Waals surface area contributed by atoms with Crippen molar-refractivity contribution in [2.75, 3.05) is 11.9 Å². The number of carboxylic acid groups (broad SMARTS) is 1. The number of anilines is 1. The second kappa shape index (κ2) is 5.73. The van der Waals surface area contributed by atoms with Crippen LogP contribution in [0.4, 0.5) is 5.95 Å². The third-order valence-electron chi connectivity index (χ3n) is 4.36. The van der Waals surface area contributed by atoms with Crippen LogP contribution in [0.25, 0.3) is 0 Å². The minimum atomic E-state index is -0.728. The molecule has 2 rings (SSSR count). The summed E-state index contributed by atoms with van der Waals surface area (Å²) in [6.45, 7) is 6.25. The summed E-state index contributed by atoms with van der Waals surface area (Å²) in [7, 11) is 0. The fraction of sp³-hybridized carbons (Fsp3) is 0.714. The van der Waals surface area contributed by atoms with E-state index in [-0.39, 0.29) is 0 Å². The molecule has 0 saturated heterocycles. The van der Waals surface area contributed by atoms with Crippen molar-refractivity contribution < 1.29 is 9.90 Å². The van der Waals surface area contributed by atoms with Gasteiger partial charge in [-0.3, -0.25) is 4.79 Å². The Hall–Kier alpha value is -1.72. The molecule has 20 heavy (non-hydrogen) atoms. The molecule has 0 radical (unpaired) electrons. The van der Waals surface area contributed by atoms with E-state index in [1.54, 1.807) is 0 Å². The van der Waals surface area contributed by atoms with Crippen molar-refractivity contribution >= 4 is 11.9 Å². The Kier molecular flexibility index (Phi) is 4.20. The zero-order valence-electron chi connectivity index (χ0n) is 12.3. The van der Waals surface area contributed by atoms with Crippen LogP contribution in [0.2, 0.25) is 0 Å². The van der Waals surface area contributed by atoms with E-state index in [0.29, 0.717) is 31.3 Å². The smallest absolute Gasteiger partial charge is 0.311 e. The number of hydrogen-bond donors (Lipinski definition) is 2. The van der Waals surface area contributed by atoms with Crippen molar-refractivity contribution in [3.8, 4) is 0 Å². The monoisotopic (exact) mass is 278 g/mol. The highest BCUT2D eigenvalue weighted by atomic mass is 16.4. The van der Waals surface area contributed by atoms with E-state index in [1.807, 2.05) is 13.8 Å². The molecule has 0 aliphatic heterocycles. The fourth-order valence-electron chi connectivity index (χ4n) is 2.56. The standard InChI is InChI=1S/C14H22N4O2/c1-9-4-6-14(7-5-9,12(19)20)8-15-13-16-10(2)11(3)17-18-13/h9H,4-8H2,1-3H3,(H,19,20)(H,15,16,18). The number of aryl methyl sites for hydroxylation is 2. The third-order valence-corrected chi connectivity index (χ3v) is 4.36. The first-order valence-corrected chi connectivity index (χ1v) is 7.08. The molecule has 1 aliphatic carbocycles. The van der Waals surface area contributed by atoms with Crippen LogP contribution in [0.5, 0.6) is 0 Å². The predicted octanol–water partition coefficient (Wildman–Crippen LogP) is 2.18. The molecule has 1 saturated carbocycles. The van der Waals surface area contributed by atoms with Gasteiger partial charge in [0.2, 0.25) is 5.95 Å². The molecular formula is C14H22N4O2. The second-order valence-corrected chi connectivity index (χ2v) is 5.93. The molecule has 0 bridgehead atoms. The SMILES string of the molecule is Cc1nnc(NCC2(C(=O)O)CCC(C)CC2)nc1C. The minimum absolute atomic E-state index is 0.360. The van der Waals surface area contributed by atoms with Gasteiger partial charge in [-0.05, 0) is 45.4 Å². The van der Waals surface area contributed by atoms with E-state index in [1.165, 1.54) is 0 Å². The summed E-state index contributed by atoms with van der Waals surface area (Å²) in [6, 6.07) is 0. The summed E-state index contributed by atoms with van der Waals surface area (Å²) in [5.41, 5.74) is 0.897. The van der Waals surface area contributed by atoms with Crippen LogP contribution >= 0.6 is 0 Å². The van der Waals surface area contributed by atoms with E-state index in [9.17, 15) is 9.90 Å². The Bertz CT molecular complexity index is 496. The van der Waals surface area contributed by atoms with Gasteiger partial charge in [-0.2, -0.15) is 5.10 Å². The van der Waals surface area contributed by atoms with Gasteiger partial charge in [0, 0.05) is 6.54 Å². The normalized spacial score (nSPS) is 26.2. The average Bonchev–Trinajstić information content (AvgIpc) is 2.42. The molecule has 2 N–H and O–H groups in total. The summed E-state index contributed by atoms with van der Waals surface area (Å²) in [5, 5.41) is 20.6. The fourth-order valence-corrected chi connectivity index (χ4v) is 2.56. The van der Waals surface area contributed by atoms with Gasteiger partial charge in [-0.25, -0.2) is 4.98 Å². The summed E-state index contributed by atoms with van der Waals surface area (Å²) >= 11 is 0. The molecule has 0 unspecified atom stereocenters. The molecule has 1 aromatic rings. The van der Waals surface area contributed by atoms with E-state index in [4.69, 9.17) is 0 Å². The largest absolute Gasteiger partial charge is 0.481 e. The Labute approximate surface area is 119 Å². The molecule has 0 atom stereocenters. The number of carboxylic acids is 1. The molecule has 0 amide bonds. The van der Waals surface area contributed by atoms with E-state index >= 15 is 0 Å². The van der Waals surface area contributed by atoms with Crippen molar-refractivity contribution in [3.63, 3.8) is 0 Å². The average molecular weight is 278 g/mol. The summed E-state index contributed by atoms with van der Waals surface area (Å²) < 4.78 is 0. The molecular weight excluding hydrogens is 256 g/mol. The molecule has 6 nitrogen and oxygen atoms in total. The van der Waals surface area contributed by atoms with Gasteiger partial charge in [0.15, 0.2) is 0 Å². The zero-order chi connectivity index (χ0) is 14.8. The lowest BCUT2D eigenvalue weighted by Gasteiger charge is -2.35. The second-order valence-electron chi connectivity index (χ2n) is 5.93. The molecule has 1 heterocycles. The third kappa shape index (κ3) is 3.05. The van der Waals surface area contributed by atoms with Crippen LogP contribution in [0.1, 0.15) is 44.0 Å². The van der Waals surface area contributed by atoms with E-state index in [2.05, 4.69) is 27.4 Å². The minimum Gasteiger partial charge on any atom is -0.481 e. The van der Waals surface area contributed by atoms with Crippen LogP contribution in [-0.4, -0.2) is 32.8 Å². The maximum absolute atomic E-state index is 11.6. The Balaban J connectivity index is 2.06. The summed E-state index contributed by atoms with van der Waals surface area (Å²) in [5.74, 6) is 0.294. The van der Waals surface area contributed by atoms with Crippen molar-refractivity contribution in [3.05, 3.63) is 11.4 Å². The quantitative estimate of drug-likeness (QED) is 0.877. The molecule has 1 aromatic heterocycles. The molecule has 6 heteroatoms. The summed E-state index contributed by atoms with van der Waals surface area (Å²) in [6.07, 6.45) is 3.32. The molecule has 0 spiro atoms. The Morgan fingerprint density at radius 1 is 1.30 bits per heavy atom. The van der Waals surface area contributed by atoms with Gasteiger partial charge >= 0.3 is 5.97 Å². The maximum atomic E-state index is 11.6. The van der Waals surface area contributed by atoms with Crippen LogP contribution in [-0.2, 0) is 4.79 Å². The first-order valence-electron chi connectivity index (χ1n) is 7.08. The maximum Gasteiger partial charge on any atom is 0.311 e. The van der Waals surface area contributed by atoms with Gasteiger partial charge in [-0.1, -0.05) is 6.92 Å². The van der Waals surface area contributed by atoms with Crippen LogP contribution in [0.3, 0.4) is 0 Å². The van der Waals surface area contributed by atoms with Gasteiger partial charge in [0.05, 0.1) is 16.8 Å². The lowest BCUT2D eigenvalue weighted by molar-refractivity contribution is -0.150. The Morgan fingerprint density at radius 2 is 1.95 bits per heavy atom. The molecule has 110 valence electrons. The Morgan fingerprint density at radius 3 is 2.50 bits per heavy atom. The van der Waals surface area contributed by atoms with Crippen LogP contribution in [0, 0.1) is 25.2 Å². The summed E-state index contributed by atoms with van der Waals surface area (Å²) in [4.78, 5) is 15.9. The van der Waals surface area contributed by atoms with Crippen molar-refractivity contribution in [1.29, 1.82) is 0 Å². The van der Waals surface area contributed by atoms with Gasteiger partial charge in [-0.15, -0.1) is 5.10 Å². The van der Waals surface area contributed by atoms with Gasteiger partial charge in [0.1, 0.15) is 0 Å². The highest BCUT2D eigenvalue weighted by molar-refractivity contribution is 5.75. The van der Waals surface area contributed by atoms with Crippen molar-refractivity contribution in [1.82, 2.24) is 15.2 Å². The van der Waals surface area contributed by atoms with Crippen LogP contribution < -0.4 is 5.32 Å². The number of hydrogen-bond acceptors (Lipinski definition) is 5. The van der Waals surface area contributed by atoms with Crippen molar-refractivity contribution in [2.24, 2.45) is 11.3 Å². The van der Waals surface area contributed by atoms with Gasteiger partial charge < -0.3 is 10.4 Å². The van der Waals surface area contributed by atoms with E-state index < -0.39 is 11.4 Å². The highest BCUT2D eigenvalue weighted by Gasteiger charge is 2.41. The first kappa shape index (κ1) is 14.7. The number of nitrogens with zero attached hydrogens (tertiary/aromatic N) is 3. The number of carbonyl (C=O) groups is 1. The lowest BCUT2D eigenvalue weighted by atomic mass is 9.71. The van der Waals surface area contributed by atoms with Crippen LogP contribution in [0.15, 0.2) is 0 Å². The first-order chi connectivity index (χ1) is 9.43. The number of aromatic nitrogens is 3. The highest BCUT2D eigenvalue weighted by Crippen LogP contribution is 2.39. The number of nitrogens with one attached hydrogen (secondary N) is 1. The van der Waals surface area contributed by atoms with Gasteiger partial charge in [0.25, 0.3) is 0 Å². The molecule has 1 fully saturated rings. The van der Waals surface area contributed by atoms with E-state index in [0.717, 1.165) is 24.2 Å².